The number of nitrogens with two attached hydrogens (primary N) is 2. The SMILES string of the molecule is NC1C2C=CC(N2)C1N. The summed E-state index contributed by atoms with van der Waals surface area (Å²) in [6, 6.07) is 0.926. The van der Waals surface area contributed by atoms with Gasteiger partial charge in [-0.3, -0.25) is 0 Å². The van der Waals surface area contributed by atoms with Gasteiger partial charge in [0.2, 0.25) is 0 Å². The Kier molecular flexibility index (Phi) is 0.939. The second kappa shape index (κ2) is 1.56. The molecular weight excluding hydrogens is 114 g/mol. The number of hydrogen-bond acceptors (Lipinski definition) is 3. The van der Waals surface area contributed by atoms with E-state index in [-0.39, 0.29) is 12.1 Å². The highest BCUT2D eigenvalue weighted by atomic mass is 15.1. The third kappa shape index (κ3) is 0.566. The minimum absolute atomic E-state index is 0.125. The average Bonchev–Trinajstić information content (AvgIpc) is 2.37. The van der Waals surface area contributed by atoms with Gasteiger partial charge in [0, 0.05) is 24.2 Å². The van der Waals surface area contributed by atoms with E-state index in [1.807, 2.05) is 0 Å². The van der Waals surface area contributed by atoms with E-state index in [9.17, 15) is 0 Å². The fraction of sp³-hybridized carbons (Fsp3) is 0.667. The predicted octanol–water partition coefficient (Wildman–Crippen LogP) is -1.45. The first-order valence-electron chi connectivity index (χ1n) is 3.24. The Balaban J connectivity index is 2.26. The Hall–Kier alpha value is -0.380. The zero-order valence-corrected chi connectivity index (χ0v) is 5.12. The average molecular weight is 125 g/mol. The molecule has 0 aromatic heterocycles. The zero-order valence-electron chi connectivity index (χ0n) is 5.12. The quantitative estimate of drug-likeness (QED) is 0.347. The van der Waals surface area contributed by atoms with E-state index in [4.69, 9.17) is 11.5 Å². The summed E-state index contributed by atoms with van der Waals surface area (Å²) in [7, 11) is 0. The minimum Gasteiger partial charge on any atom is -0.325 e. The van der Waals surface area contributed by atoms with Crippen LogP contribution in [0.5, 0.6) is 0 Å². The van der Waals surface area contributed by atoms with Crippen LogP contribution in [0.3, 0.4) is 0 Å². The molecule has 0 amide bonds. The topological polar surface area (TPSA) is 64.1 Å². The molecule has 2 bridgehead atoms. The first-order valence-corrected chi connectivity index (χ1v) is 3.24. The van der Waals surface area contributed by atoms with Crippen LogP contribution in [0.4, 0.5) is 0 Å². The first-order chi connectivity index (χ1) is 4.29. The van der Waals surface area contributed by atoms with Crippen LogP contribution < -0.4 is 16.8 Å². The predicted molar refractivity (Wildman–Crippen MR) is 35.8 cm³/mol. The number of nitrogens with one attached hydrogen (secondary N) is 1. The summed E-state index contributed by atoms with van der Waals surface area (Å²) in [6.45, 7) is 0. The molecule has 2 aliphatic heterocycles. The van der Waals surface area contributed by atoms with E-state index in [1.165, 1.54) is 0 Å². The molecule has 4 unspecified atom stereocenters. The molecule has 1 fully saturated rings. The van der Waals surface area contributed by atoms with E-state index in [1.54, 1.807) is 0 Å². The van der Waals surface area contributed by atoms with Crippen LogP contribution >= 0.6 is 0 Å². The summed E-state index contributed by atoms with van der Waals surface area (Å²) in [5.74, 6) is 0. The van der Waals surface area contributed by atoms with Gasteiger partial charge in [-0.15, -0.1) is 0 Å². The smallest absolute Gasteiger partial charge is 0.0424 e. The molecule has 0 aliphatic carbocycles. The molecule has 4 atom stereocenters. The molecule has 2 rings (SSSR count). The first kappa shape index (κ1) is 5.41. The lowest BCUT2D eigenvalue weighted by Crippen LogP contribution is -2.47. The lowest BCUT2D eigenvalue weighted by atomic mass is 9.98. The van der Waals surface area contributed by atoms with Gasteiger partial charge in [0.25, 0.3) is 0 Å². The second-order valence-electron chi connectivity index (χ2n) is 2.76. The zero-order chi connectivity index (χ0) is 6.43. The van der Waals surface area contributed by atoms with Crippen molar-refractivity contribution in [1.29, 1.82) is 0 Å². The van der Waals surface area contributed by atoms with Crippen LogP contribution in [0.15, 0.2) is 12.2 Å². The molecular formula is C6H11N3. The Morgan fingerprint density at radius 1 is 1.00 bits per heavy atom. The maximum absolute atomic E-state index is 5.72. The van der Waals surface area contributed by atoms with E-state index in [0.717, 1.165) is 0 Å². The fourth-order valence-corrected chi connectivity index (χ4v) is 1.53. The third-order valence-corrected chi connectivity index (χ3v) is 2.18. The van der Waals surface area contributed by atoms with Crippen molar-refractivity contribution >= 4 is 0 Å². The van der Waals surface area contributed by atoms with Crippen molar-refractivity contribution in [1.82, 2.24) is 5.32 Å². The maximum Gasteiger partial charge on any atom is 0.0424 e. The van der Waals surface area contributed by atoms with Crippen molar-refractivity contribution in [2.45, 2.75) is 24.2 Å². The van der Waals surface area contributed by atoms with Crippen molar-refractivity contribution in [2.75, 3.05) is 0 Å². The number of hydrogen-bond donors (Lipinski definition) is 3. The van der Waals surface area contributed by atoms with Crippen LogP contribution in [0.2, 0.25) is 0 Å². The summed E-state index contributed by atoms with van der Waals surface area (Å²) in [5, 5.41) is 3.27. The second-order valence-corrected chi connectivity index (χ2v) is 2.76. The van der Waals surface area contributed by atoms with Crippen LogP contribution in [0.1, 0.15) is 0 Å². The number of fused-ring (bicyclic) bond motifs is 2. The lowest BCUT2D eigenvalue weighted by molar-refractivity contribution is 0.563. The molecule has 9 heavy (non-hydrogen) atoms. The normalized spacial score (nSPS) is 54.9. The fourth-order valence-electron chi connectivity index (χ4n) is 1.53. The monoisotopic (exact) mass is 125 g/mol. The molecule has 0 saturated carbocycles. The van der Waals surface area contributed by atoms with Crippen molar-refractivity contribution in [3.05, 3.63) is 12.2 Å². The summed E-state index contributed by atoms with van der Waals surface area (Å²) in [5.41, 5.74) is 11.4. The van der Waals surface area contributed by atoms with Crippen molar-refractivity contribution in [3.63, 3.8) is 0 Å². The molecule has 2 aliphatic rings. The van der Waals surface area contributed by atoms with E-state index in [0.29, 0.717) is 12.1 Å². The summed E-state index contributed by atoms with van der Waals surface area (Å²) in [4.78, 5) is 0. The summed E-state index contributed by atoms with van der Waals surface area (Å²) < 4.78 is 0. The van der Waals surface area contributed by atoms with Gasteiger partial charge in [-0.2, -0.15) is 0 Å². The molecule has 0 spiro atoms. The molecule has 3 nitrogen and oxygen atoms in total. The summed E-state index contributed by atoms with van der Waals surface area (Å²) >= 11 is 0. The Bertz CT molecular complexity index is 138. The van der Waals surface area contributed by atoms with Gasteiger partial charge >= 0.3 is 0 Å². The maximum atomic E-state index is 5.72. The van der Waals surface area contributed by atoms with E-state index < -0.39 is 0 Å². The van der Waals surface area contributed by atoms with Crippen LogP contribution in [-0.2, 0) is 0 Å². The summed E-state index contributed by atoms with van der Waals surface area (Å²) in [6.07, 6.45) is 4.19. The van der Waals surface area contributed by atoms with Gasteiger partial charge in [-0.25, -0.2) is 0 Å². The van der Waals surface area contributed by atoms with Crippen molar-refractivity contribution in [2.24, 2.45) is 11.5 Å². The van der Waals surface area contributed by atoms with Crippen LogP contribution in [0.25, 0.3) is 0 Å². The third-order valence-electron chi connectivity index (χ3n) is 2.18. The highest BCUT2D eigenvalue weighted by Crippen LogP contribution is 2.18. The van der Waals surface area contributed by atoms with Gasteiger partial charge in [-0.05, 0) is 0 Å². The van der Waals surface area contributed by atoms with Crippen LogP contribution in [-0.4, -0.2) is 24.2 Å². The van der Waals surface area contributed by atoms with E-state index >= 15 is 0 Å². The van der Waals surface area contributed by atoms with Gasteiger partial charge in [-0.1, -0.05) is 12.2 Å². The molecule has 5 N–H and O–H groups in total. The van der Waals surface area contributed by atoms with Crippen molar-refractivity contribution < 1.29 is 0 Å². The molecule has 0 aromatic carbocycles. The standard InChI is InChI=1S/C6H11N3/c7-5-3-1-2-4(9-3)6(5)8/h1-6,9H,7-8H2. The van der Waals surface area contributed by atoms with Crippen molar-refractivity contribution in [3.8, 4) is 0 Å². The Labute approximate surface area is 54.1 Å². The number of rotatable bonds is 0. The minimum atomic E-state index is 0.125. The Morgan fingerprint density at radius 3 is 1.67 bits per heavy atom. The van der Waals surface area contributed by atoms with Gasteiger partial charge in [0.15, 0.2) is 0 Å². The highest BCUT2D eigenvalue weighted by Gasteiger charge is 2.39. The molecule has 0 aromatic rings. The lowest BCUT2D eigenvalue weighted by Gasteiger charge is -2.17. The van der Waals surface area contributed by atoms with E-state index in [2.05, 4.69) is 17.5 Å². The molecule has 1 saturated heterocycles. The van der Waals surface area contributed by atoms with Gasteiger partial charge in [0.05, 0.1) is 0 Å². The molecule has 3 heteroatoms. The van der Waals surface area contributed by atoms with Crippen LogP contribution in [0, 0.1) is 0 Å². The molecule has 0 radical (unpaired) electrons. The van der Waals surface area contributed by atoms with Gasteiger partial charge in [0.1, 0.15) is 0 Å². The molecule has 2 heterocycles. The Morgan fingerprint density at radius 2 is 1.44 bits per heavy atom. The molecule has 50 valence electrons. The van der Waals surface area contributed by atoms with Gasteiger partial charge < -0.3 is 16.8 Å². The highest BCUT2D eigenvalue weighted by molar-refractivity contribution is 5.24. The largest absolute Gasteiger partial charge is 0.325 e.